The lowest BCUT2D eigenvalue weighted by molar-refractivity contribution is -0.386. The standard InChI is InChI=1S/C17H15N3O6/c1-26-12-5-8(4-11(15(12)21)20(24)25)7-18-19-16(22)13-9-2-3-10(6-9)14(13)17(19)23/h2-5,7,9-10,13-14,21H,6H2,1H3/b18-7-/t9-,10-,13-,14+/m0/s1. The summed E-state index contributed by atoms with van der Waals surface area (Å²) in [7, 11) is 1.26. The summed E-state index contributed by atoms with van der Waals surface area (Å²) in [5.41, 5.74) is -0.325. The summed E-state index contributed by atoms with van der Waals surface area (Å²) in [5, 5.41) is 25.6. The first-order valence-electron chi connectivity index (χ1n) is 8.08. The fourth-order valence-electron chi connectivity index (χ4n) is 4.11. The molecular formula is C17H15N3O6. The van der Waals surface area contributed by atoms with Crippen LogP contribution >= 0.6 is 0 Å². The van der Waals surface area contributed by atoms with Crippen LogP contribution < -0.4 is 4.74 Å². The highest BCUT2D eigenvalue weighted by Gasteiger charge is 2.59. The largest absolute Gasteiger partial charge is 0.500 e. The molecule has 1 N–H and O–H groups in total. The number of hydrogen-bond donors (Lipinski definition) is 1. The Bertz CT molecular complexity index is 863. The smallest absolute Gasteiger partial charge is 0.315 e. The number of rotatable bonds is 4. The molecule has 2 fully saturated rings. The summed E-state index contributed by atoms with van der Waals surface area (Å²) >= 11 is 0. The second-order valence-electron chi connectivity index (χ2n) is 6.58. The zero-order valence-corrected chi connectivity index (χ0v) is 13.7. The maximum atomic E-state index is 12.5. The maximum absolute atomic E-state index is 12.5. The number of aromatic hydroxyl groups is 1. The van der Waals surface area contributed by atoms with Crippen molar-refractivity contribution in [1.82, 2.24) is 5.01 Å². The van der Waals surface area contributed by atoms with E-state index in [0.717, 1.165) is 17.5 Å². The number of hydrogen-bond acceptors (Lipinski definition) is 7. The number of nitro benzene ring substituents is 1. The fourth-order valence-corrected chi connectivity index (χ4v) is 4.11. The van der Waals surface area contributed by atoms with Gasteiger partial charge in [-0.25, -0.2) is 0 Å². The van der Waals surface area contributed by atoms with Crippen molar-refractivity contribution in [1.29, 1.82) is 0 Å². The third-order valence-corrected chi connectivity index (χ3v) is 5.26. The average Bonchev–Trinajstić information content (AvgIpc) is 3.28. The Morgan fingerprint density at radius 3 is 2.42 bits per heavy atom. The van der Waals surface area contributed by atoms with E-state index in [1.165, 1.54) is 19.4 Å². The van der Waals surface area contributed by atoms with E-state index in [4.69, 9.17) is 4.74 Å². The van der Waals surface area contributed by atoms with E-state index in [1.54, 1.807) is 0 Å². The van der Waals surface area contributed by atoms with Gasteiger partial charge in [-0.15, -0.1) is 0 Å². The first kappa shape index (κ1) is 16.2. The van der Waals surface area contributed by atoms with Gasteiger partial charge in [0.1, 0.15) is 0 Å². The van der Waals surface area contributed by atoms with E-state index >= 15 is 0 Å². The minimum atomic E-state index is -0.755. The second kappa shape index (κ2) is 5.65. The predicted octanol–water partition coefficient (Wildman–Crippen LogP) is 1.45. The minimum Gasteiger partial charge on any atom is -0.500 e. The van der Waals surface area contributed by atoms with E-state index in [-0.39, 0.29) is 46.8 Å². The Balaban J connectivity index is 1.63. The number of carbonyl (C=O) groups is 2. The quantitative estimate of drug-likeness (QED) is 0.286. The molecule has 4 atom stereocenters. The van der Waals surface area contributed by atoms with Crippen LogP contribution in [0, 0.1) is 33.8 Å². The molecule has 2 aliphatic carbocycles. The molecule has 1 aromatic carbocycles. The molecule has 3 aliphatic rings. The SMILES string of the molecule is COc1cc(/C=N\N2C(=O)[C@@H]3[C@H](C2=O)[C@H]2C=C[C@H]3C2)cc([N+](=O)[O-])c1O. The van der Waals surface area contributed by atoms with Crippen molar-refractivity contribution in [3.05, 3.63) is 40.0 Å². The molecule has 1 heterocycles. The molecule has 0 aromatic heterocycles. The molecule has 9 nitrogen and oxygen atoms in total. The molecule has 1 aromatic rings. The van der Waals surface area contributed by atoms with Gasteiger partial charge in [-0.3, -0.25) is 19.7 Å². The Morgan fingerprint density at radius 1 is 1.27 bits per heavy atom. The average molecular weight is 357 g/mol. The maximum Gasteiger partial charge on any atom is 0.315 e. The van der Waals surface area contributed by atoms with E-state index in [9.17, 15) is 24.8 Å². The zero-order valence-electron chi connectivity index (χ0n) is 13.7. The summed E-state index contributed by atoms with van der Waals surface area (Å²) in [6, 6.07) is 2.43. The van der Waals surface area contributed by atoms with Crippen molar-refractivity contribution in [3.63, 3.8) is 0 Å². The normalized spacial score (nSPS) is 29.0. The summed E-state index contributed by atoms with van der Waals surface area (Å²) in [6.45, 7) is 0. The molecule has 2 bridgehead atoms. The van der Waals surface area contributed by atoms with E-state index in [1.807, 2.05) is 12.2 Å². The molecule has 134 valence electrons. The lowest BCUT2D eigenvalue weighted by atomic mass is 9.85. The van der Waals surface area contributed by atoms with Crippen LogP contribution in [-0.4, -0.2) is 40.2 Å². The number of nitro groups is 1. The number of benzene rings is 1. The number of phenolic OH excluding ortho intramolecular Hbond substituents is 1. The van der Waals surface area contributed by atoms with Gasteiger partial charge in [0.05, 0.1) is 30.1 Å². The van der Waals surface area contributed by atoms with Crippen molar-refractivity contribution in [2.75, 3.05) is 7.11 Å². The minimum absolute atomic E-state index is 0.0801. The number of ether oxygens (including phenoxy) is 1. The van der Waals surface area contributed by atoms with Gasteiger partial charge >= 0.3 is 5.69 Å². The molecular weight excluding hydrogens is 342 g/mol. The number of amides is 2. The van der Waals surface area contributed by atoms with Crippen molar-refractivity contribution < 1.29 is 24.4 Å². The van der Waals surface area contributed by atoms with Crippen molar-refractivity contribution >= 4 is 23.7 Å². The van der Waals surface area contributed by atoms with Crippen LogP contribution in [0.25, 0.3) is 0 Å². The number of carbonyl (C=O) groups excluding carboxylic acids is 2. The third kappa shape index (κ3) is 2.20. The highest BCUT2D eigenvalue weighted by Crippen LogP contribution is 2.52. The summed E-state index contributed by atoms with van der Waals surface area (Å²) in [4.78, 5) is 35.4. The first-order valence-corrected chi connectivity index (χ1v) is 8.08. The van der Waals surface area contributed by atoms with Gasteiger partial charge in [0, 0.05) is 11.6 Å². The van der Waals surface area contributed by atoms with Gasteiger partial charge in [-0.2, -0.15) is 10.1 Å². The zero-order chi connectivity index (χ0) is 18.6. The Morgan fingerprint density at radius 2 is 1.88 bits per heavy atom. The number of phenols is 1. The van der Waals surface area contributed by atoms with Gasteiger partial charge in [0.2, 0.25) is 5.75 Å². The van der Waals surface area contributed by atoms with Gasteiger partial charge in [0.25, 0.3) is 11.8 Å². The molecule has 4 rings (SSSR count). The van der Waals surface area contributed by atoms with Gasteiger partial charge < -0.3 is 9.84 Å². The Labute approximate surface area is 147 Å². The number of allylic oxidation sites excluding steroid dienone is 2. The highest BCUT2D eigenvalue weighted by atomic mass is 16.6. The molecule has 1 aliphatic heterocycles. The van der Waals surface area contributed by atoms with Crippen molar-refractivity contribution in [3.8, 4) is 11.5 Å². The van der Waals surface area contributed by atoms with E-state index in [2.05, 4.69) is 5.10 Å². The van der Waals surface area contributed by atoms with Crippen LogP contribution in [0.15, 0.2) is 29.4 Å². The summed E-state index contributed by atoms with van der Waals surface area (Å²) in [6.07, 6.45) is 5.98. The molecule has 2 amide bonds. The number of imide groups is 1. The van der Waals surface area contributed by atoms with Crippen molar-refractivity contribution in [2.24, 2.45) is 28.8 Å². The van der Waals surface area contributed by atoms with Crippen LogP contribution in [0.2, 0.25) is 0 Å². The number of hydrazone groups is 1. The molecule has 0 unspecified atom stereocenters. The van der Waals surface area contributed by atoms with Gasteiger partial charge in [0.15, 0.2) is 5.75 Å². The lowest BCUT2D eigenvalue weighted by Gasteiger charge is -2.13. The predicted molar refractivity (Wildman–Crippen MR) is 88.5 cm³/mol. The summed E-state index contributed by atoms with van der Waals surface area (Å²) in [5.74, 6) is -1.94. The molecule has 26 heavy (non-hydrogen) atoms. The molecule has 1 saturated heterocycles. The van der Waals surface area contributed by atoms with Crippen LogP contribution in [0.5, 0.6) is 11.5 Å². The number of fused-ring (bicyclic) bond motifs is 5. The second-order valence-corrected chi connectivity index (χ2v) is 6.58. The molecule has 9 heteroatoms. The molecule has 0 spiro atoms. The highest BCUT2D eigenvalue weighted by molar-refractivity contribution is 6.06. The molecule has 0 radical (unpaired) electrons. The Kier molecular flexibility index (Phi) is 3.53. The fraction of sp³-hybridized carbons (Fsp3) is 0.353. The number of nitrogens with zero attached hydrogens (tertiary/aromatic N) is 3. The van der Waals surface area contributed by atoms with Crippen LogP contribution in [0.3, 0.4) is 0 Å². The Hall–Kier alpha value is -3.23. The van der Waals surface area contributed by atoms with Crippen LogP contribution in [0.4, 0.5) is 5.69 Å². The van der Waals surface area contributed by atoms with Crippen molar-refractivity contribution in [2.45, 2.75) is 6.42 Å². The van der Waals surface area contributed by atoms with Crippen LogP contribution in [-0.2, 0) is 9.59 Å². The molecule has 1 saturated carbocycles. The van der Waals surface area contributed by atoms with E-state index < -0.39 is 16.4 Å². The summed E-state index contributed by atoms with van der Waals surface area (Å²) < 4.78 is 4.92. The monoisotopic (exact) mass is 357 g/mol. The van der Waals surface area contributed by atoms with Gasteiger partial charge in [-0.1, -0.05) is 12.2 Å². The first-order chi connectivity index (χ1) is 12.4. The topological polar surface area (TPSA) is 122 Å². The third-order valence-electron chi connectivity index (χ3n) is 5.26. The van der Waals surface area contributed by atoms with Crippen LogP contribution in [0.1, 0.15) is 12.0 Å². The lowest BCUT2D eigenvalue weighted by Crippen LogP contribution is -2.28. The van der Waals surface area contributed by atoms with E-state index in [0.29, 0.717) is 0 Å². The van der Waals surface area contributed by atoms with Gasteiger partial charge in [-0.05, 0) is 24.3 Å². The number of methoxy groups -OCH3 is 1.